The molecular weight excluding hydrogens is 636 g/mol. The molecule has 0 aliphatic rings. The number of carbonyl (C=O) groups excluding carboxylic acids is 1. The molecule has 0 aliphatic heterocycles. The number of rotatable bonds is 16. The van der Waals surface area contributed by atoms with Crippen LogP contribution < -0.4 is 10.1 Å². The molecule has 0 radical (unpaired) electrons. The van der Waals surface area contributed by atoms with Crippen molar-refractivity contribution in [1.82, 2.24) is 4.90 Å². The summed E-state index contributed by atoms with van der Waals surface area (Å²) in [6, 6.07) is 9.77. The van der Waals surface area contributed by atoms with Crippen molar-refractivity contribution in [1.29, 1.82) is 0 Å². The van der Waals surface area contributed by atoms with Gasteiger partial charge in [0.1, 0.15) is 12.4 Å². The third-order valence-electron chi connectivity index (χ3n) is 6.06. The summed E-state index contributed by atoms with van der Waals surface area (Å²) in [5, 5.41) is 12.1. The van der Waals surface area contributed by atoms with E-state index in [1.54, 1.807) is 31.2 Å². The lowest BCUT2D eigenvalue weighted by Gasteiger charge is -2.28. The molecule has 1 atom stereocenters. The van der Waals surface area contributed by atoms with Gasteiger partial charge in [0.25, 0.3) is 0 Å². The molecule has 43 heavy (non-hydrogen) atoms. The number of carboxylic acids is 1. The van der Waals surface area contributed by atoms with Gasteiger partial charge in [-0.3, -0.25) is 0 Å². The summed E-state index contributed by atoms with van der Waals surface area (Å²) in [5.74, 6) is -12.3. The molecule has 0 saturated heterocycles. The Morgan fingerprint density at radius 1 is 0.977 bits per heavy atom. The largest absolute Gasteiger partial charge is 0.492 e. The summed E-state index contributed by atoms with van der Waals surface area (Å²) in [6.07, 6.45) is -10.2. The van der Waals surface area contributed by atoms with E-state index in [9.17, 15) is 45.4 Å². The van der Waals surface area contributed by atoms with Gasteiger partial charge in [0.15, 0.2) is 6.10 Å². The fourth-order valence-corrected chi connectivity index (χ4v) is 4.20. The minimum absolute atomic E-state index is 0.0839. The topological polar surface area (TPSA) is 88.1 Å². The summed E-state index contributed by atoms with van der Waals surface area (Å²) in [5.41, 5.74) is 0.808. The molecule has 2 amide bonds. The second-order valence-corrected chi connectivity index (χ2v) is 10.1. The quantitative estimate of drug-likeness (QED) is 0.141. The van der Waals surface area contributed by atoms with Gasteiger partial charge in [-0.2, -0.15) is 30.7 Å². The van der Waals surface area contributed by atoms with Crippen LogP contribution in [0.25, 0.3) is 0 Å². The van der Waals surface area contributed by atoms with Crippen molar-refractivity contribution in [3.8, 4) is 5.75 Å². The van der Waals surface area contributed by atoms with Crippen LogP contribution in [0.2, 0.25) is 10.0 Å². The zero-order valence-corrected chi connectivity index (χ0v) is 24.2. The molecular formula is C27H29Cl2F7N2O5. The first-order valence-electron chi connectivity index (χ1n) is 12.9. The van der Waals surface area contributed by atoms with Crippen LogP contribution in [-0.2, 0) is 16.0 Å². The van der Waals surface area contributed by atoms with Crippen LogP contribution in [0.5, 0.6) is 5.75 Å². The highest BCUT2D eigenvalue weighted by Gasteiger charge is 2.72. The zero-order valence-electron chi connectivity index (χ0n) is 22.7. The Morgan fingerprint density at radius 2 is 1.63 bits per heavy atom. The molecule has 0 heterocycles. The van der Waals surface area contributed by atoms with Crippen molar-refractivity contribution in [3.05, 3.63) is 58.1 Å². The van der Waals surface area contributed by atoms with Gasteiger partial charge in [0.05, 0.1) is 17.3 Å². The second-order valence-electron chi connectivity index (χ2n) is 9.25. The molecule has 1 unspecified atom stereocenters. The van der Waals surface area contributed by atoms with E-state index < -0.39 is 49.0 Å². The van der Waals surface area contributed by atoms with Gasteiger partial charge < -0.3 is 24.8 Å². The molecule has 0 aromatic heterocycles. The number of nitrogens with one attached hydrogen (secondary N) is 1. The Hall–Kier alpha value is -2.97. The van der Waals surface area contributed by atoms with Crippen molar-refractivity contribution in [3.63, 3.8) is 0 Å². The molecule has 16 heteroatoms. The molecule has 0 fully saturated rings. The van der Waals surface area contributed by atoms with Gasteiger partial charge in [-0.05, 0) is 55.7 Å². The number of ether oxygens (including phenoxy) is 2. The number of alkyl halides is 7. The van der Waals surface area contributed by atoms with Crippen LogP contribution in [-0.4, -0.2) is 72.4 Å². The monoisotopic (exact) mass is 664 g/mol. The van der Waals surface area contributed by atoms with Crippen LogP contribution in [0.1, 0.15) is 31.7 Å². The van der Waals surface area contributed by atoms with E-state index in [1.165, 1.54) is 18.2 Å². The summed E-state index contributed by atoms with van der Waals surface area (Å²) >= 11 is 11.9. The van der Waals surface area contributed by atoms with E-state index in [0.29, 0.717) is 11.3 Å². The number of halogens is 9. The lowest BCUT2D eigenvalue weighted by molar-refractivity contribution is -0.355. The van der Waals surface area contributed by atoms with Crippen molar-refractivity contribution in [2.75, 3.05) is 31.6 Å². The Kier molecular flexibility index (Phi) is 13.2. The minimum atomic E-state index is -6.42. The third-order valence-corrected chi connectivity index (χ3v) is 6.61. The summed E-state index contributed by atoms with van der Waals surface area (Å²) in [7, 11) is 0. The fraction of sp³-hybridized carbons (Fsp3) is 0.481. The number of carboxylic acid groups (broad SMARTS) is 1. The van der Waals surface area contributed by atoms with Crippen molar-refractivity contribution in [2.24, 2.45) is 0 Å². The molecule has 7 nitrogen and oxygen atoms in total. The Labute approximate surface area is 252 Å². The van der Waals surface area contributed by atoms with Gasteiger partial charge in [0.2, 0.25) is 0 Å². The normalized spacial score (nSPS) is 13.0. The highest BCUT2D eigenvalue weighted by molar-refractivity contribution is 6.36. The number of urea groups is 1. The molecule has 2 aromatic rings. The second kappa shape index (κ2) is 15.7. The maximum absolute atomic E-state index is 13.7. The first-order valence-corrected chi connectivity index (χ1v) is 13.6. The van der Waals surface area contributed by atoms with Crippen molar-refractivity contribution >= 4 is 40.9 Å². The maximum atomic E-state index is 13.7. The SMILES string of the molecule is CCOC(Cc1ccc(OCCN(CCCCC(F)(F)C(F)(F)C(F)(F)F)C(=O)Nc2ccc(Cl)cc2Cl)cc1)C(=O)O. The number of hydrogen-bond acceptors (Lipinski definition) is 4. The van der Waals surface area contributed by atoms with E-state index >= 15 is 0 Å². The smallest absolute Gasteiger partial charge is 0.459 e. The fourth-order valence-electron chi connectivity index (χ4n) is 3.74. The molecule has 240 valence electrons. The van der Waals surface area contributed by atoms with E-state index in [0.717, 1.165) is 4.90 Å². The Morgan fingerprint density at radius 3 is 2.19 bits per heavy atom. The predicted octanol–water partition coefficient (Wildman–Crippen LogP) is 7.94. The maximum Gasteiger partial charge on any atom is 0.459 e. The van der Waals surface area contributed by atoms with E-state index in [-0.39, 0.29) is 54.9 Å². The van der Waals surface area contributed by atoms with Gasteiger partial charge in [0, 0.05) is 31.0 Å². The van der Waals surface area contributed by atoms with E-state index in [2.05, 4.69) is 5.32 Å². The average molecular weight is 665 g/mol. The van der Waals surface area contributed by atoms with Gasteiger partial charge in [-0.25, -0.2) is 9.59 Å². The first kappa shape index (κ1) is 36.2. The van der Waals surface area contributed by atoms with Crippen LogP contribution in [0.4, 0.5) is 41.2 Å². The Balaban J connectivity index is 2.03. The number of nitrogens with zero attached hydrogens (tertiary/aromatic N) is 1. The summed E-state index contributed by atoms with van der Waals surface area (Å²) < 4.78 is 102. The highest BCUT2D eigenvalue weighted by Crippen LogP contribution is 2.48. The van der Waals surface area contributed by atoms with Gasteiger partial charge in [-0.1, -0.05) is 35.3 Å². The van der Waals surface area contributed by atoms with Crippen molar-refractivity contribution in [2.45, 2.75) is 56.7 Å². The van der Waals surface area contributed by atoms with E-state index in [1.807, 2.05) is 0 Å². The van der Waals surface area contributed by atoms with E-state index in [4.69, 9.17) is 32.7 Å². The molecule has 0 bridgehead atoms. The first-order chi connectivity index (χ1) is 20.0. The van der Waals surface area contributed by atoms with Crippen LogP contribution in [0.3, 0.4) is 0 Å². The molecule has 0 spiro atoms. The van der Waals surface area contributed by atoms with Crippen LogP contribution in [0, 0.1) is 0 Å². The minimum Gasteiger partial charge on any atom is -0.492 e. The highest BCUT2D eigenvalue weighted by atomic mass is 35.5. The van der Waals surface area contributed by atoms with Gasteiger partial charge in [-0.15, -0.1) is 0 Å². The lowest BCUT2D eigenvalue weighted by atomic mass is 10.0. The number of unbranched alkanes of at least 4 members (excludes halogenated alkanes) is 1. The molecule has 0 aliphatic carbocycles. The number of amides is 2. The van der Waals surface area contributed by atoms with Crippen LogP contribution in [0.15, 0.2) is 42.5 Å². The number of carbonyl (C=O) groups is 2. The summed E-state index contributed by atoms with van der Waals surface area (Å²) in [6.45, 7) is 1.33. The number of hydrogen-bond donors (Lipinski definition) is 2. The number of benzene rings is 2. The average Bonchev–Trinajstić information content (AvgIpc) is 2.91. The molecule has 2 aromatic carbocycles. The Bertz CT molecular complexity index is 1220. The van der Waals surface area contributed by atoms with Crippen LogP contribution >= 0.6 is 23.2 Å². The molecule has 2 N–H and O–H groups in total. The molecule has 0 saturated carbocycles. The third kappa shape index (κ3) is 10.6. The molecule has 2 rings (SSSR count). The summed E-state index contributed by atoms with van der Waals surface area (Å²) in [4.78, 5) is 25.3. The van der Waals surface area contributed by atoms with Gasteiger partial charge >= 0.3 is 30.0 Å². The number of aliphatic carboxylic acids is 1. The predicted molar refractivity (Wildman–Crippen MR) is 146 cm³/mol. The number of anilines is 1. The van der Waals surface area contributed by atoms with Crippen molar-refractivity contribution < 1.29 is 54.9 Å². The standard InChI is InChI=1S/C27H29Cl2F7N2O5/c1-2-42-22(23(39)40)15-17-5-8-19(9-6-17)43-14-13-38(24(41)37-21-10-7-18(28)16-20(21)29)12-4-3-11-25(30,31)26(32,33)27(34,35)36/h5-10,16,22H,2-4,11-15H2,1H3,(H,37,41)(H,39,40). The zero-order chi connectivity index (χ0) is 32.4. The lowest BCUT2D eigenvalue weighted by Crippen LogP contribution is -2.51.